The third kappa shape index (κ3) is 26.5. The van der Waals surface area contributed by atoms with Crippen molar-refractivity contribution in [2.24, 2.45) is 0 Å². The summed E-state index contributed by atoms with van der Waals surface area (Å²) >= 11 is 0. The number of carbonyl (C=O) groups excluding carboxylic acids is 2. The fourth-order valence-electron chi connectivity index (χ4n) is 6.18. The summed E-state index contributed by atoms with van der Waals surface area (Å²) in [5.41, 5.74) is 0. The molecule has 1 saturated carbocycles. The Morgan fingerprint density at radius 1 is 0.561 bits per heavy atom. The monoisotopic (exact) mass is 830 g/mol. The molecule has 0 aromatic heterocycles. The van der Waals surface area contributed by atoms with Crippen molar-refractivity contribution in [2.75, 3.05) is 13.2 Å². The molecule has 330 valence electrons. The second-order valence-electron chi connectivity index (χ2n) is 14.8. The third-order valence-corrected chi connectivity index (χ3v) is 10.6. The number of aliphatic hydroxyl groups excluding tert-OH is 5. The summed E-state index contributed by atoms with van der Waals surface area (Å²) < 4.78 is 33.4. The molecule has 57 heavy (non-hydrogen) atoms. The highest BCUT2D eigenvalue weighted by molar-refractivity contribution is 7.47. The van der Waals surface area contributed by atoms with Crippen LogP contribution in [0.1, 0.15) is 155 Å². The van der Waals surface area contributed by atoms with E-state index in [1.165, 1.54) is 25.7 Å². The molecule has 8 atom stereocenters. The molecule has 0 radical (unpaired) electrons. The lowest BCUT2D eigenvalue weighted by Crippen LogP contribution is -2.64. The van der Waals surface area contributed by atoms with Crippen molar-refractivity contribution in [2.45, 2.75) is 198 Å². The van der Waals surface area contributed by atoms with Crippen LogP contribution in [-0.4, -0.2) is 98.3 Å². The molecular weight excluding hydrogens is 755 g/mol. The Balaban J connectivity index is 2.51. The normalized spacial score (nSPS) is 23.2. The van der Waals surface area contributed by atoms with E-state index < -0.39 is 75.7 Å². The van der Waals surface area contributed by atoms with Gasteiger partial charge in [0.15, 0.2) is 6.10 Å². The zero-order valence-electron chi connectivity index (χ0n) is 34.6. The van der Waals surface area contributed by atoms with E-state index in [9.17, 15) is 44.6 Å². The summed E-state index contributed by atoms with van der Waals surface area (Å²) in [7, 11) is -5.12. The van der Waals surface area contributed by atoms with Crippen LogP contribution in [0, 0.1) is 0 Å². The van der Waals surface area contributed by atoms with Crippen LogP contribution in [-0.2, 0) is 32.7 Å². The van der Waals surface area contributed by atoms with Crippen LogP contribution >= 0.6 is 7.82 Å². The van der Waals surface area contributed by atoms with Crippen molar-refractivity contribution in [1.82, 2.24) is 0 Å². The maximum atomic E-state index is 12.8. The van der Waals surface area contributed by atoms with E-state index in [2.05, 4.69) is 62.5 Å². The Bertz CT molecular complexity index is 1190. The molecule has 0 aromatic carbocycles. The molecule has 6 N–H and O–H groups in total. The first-order valence-electron chi connectivity index (χ1n) is 21.4. The van der Waals surface area contributed by atoms with E-state index in [4.69, 9.17) is 18.5 Å². The Hall–Kier alpha value is -2.19. The number of ether oxygens (including phenoxy) is 2. The Kier molecular flexibility index (Phi) is 31.2. The van der Waals surface area contributed by atoms with Crippen LogP contribution in [0.15, 0.2) is 48.6 Å². The number of carbonyl (C=O) groups is 2. The fraction of sp³-hybridized carbons (Fsp3) is 0.767. The number of rotatable bonds is 34. The molecule has 1 aliphatic rings. The maximum Gasteiger partial charge on any atom is 0.472 e. The highest BCUT2D eigenvalue weighted by Gasteiger charge is 2.51. The van der Waals surface area contributed by atoms with Gasteiger partial charge in [-0.25, -0.2) is 4.57 Å². The van der Waals surface area contributed by atoms with Crippen molar-refractivity contribution in [3.8, 4) is 0 Å². The van der Waals surface area contributed by atoms with E-state index in [1.807, 2.05) is 0 Å². The standard InChI is InChI=1S/C43H75O13P/c1-3-5-7-9-11-13-15-17-18-20-21-23-25-27-29-31-36(44)53-33-35(34-54-57(51,52)56-43-41(49)39(47)38(46)40(48)42(43)50)55-37(45)32-30-28-26-24-22-19-16-14-12-10-8-6-4-2/h5,7,11,13-14,16-18,35,38-43,46-50H,3-4,6,8-10,12,15,19-34H2,1-2H3,(H,51,52)/b7-5-,13-11-,16-14-,18-17-/t35-,38?,39-,40?,41?,42?,43?/m1/s1. The summed E-state index contributed by atoms with van der Waals surface area (Å²) in [5.74, 6) is -1.13. The summed E-state index contributed by atoms with van der Waals surface area (Å²) in [6, 6.07) is 0. The smallest absolute Gasteiger partial charge is 0.462 e. The van der Waals surface area contributed by atoms with Crippen molar-refractivity contribution >= 4 is 19.8 Å². The second-order valence-corrected chi connectivity index (χ2v) is 16.2. The predicted octanol–water partition coefficient (Wildman–Crippen LogP) is 7.61. The number of hydrogen-bond acceptors (Lipinski definition) is 12. The highest BCUT2D eigenvalue weighted by atomic mass is 31.2. The van der Waals surface area contributed by atoms with Crippen LogP contribution < -0.4 is 0 Å². The molecule has 1 aliphatic carbocycles. The van der Waals surface area contributed by atoms with Crippen LogP contribution in [0.5, 0.6) is 0 Å². The van der Waals surface area contributed by atoms with Crippen molar-refractivity contribution in [1.29, 1.82) is 0 Å². The molecular formula is C43H75O13P. The van der Waals surface area contributed by atoms with Gasteiger partial charge in [-0.3, -0.25) is 18.6 Å². The maximum absolute atomic E-state index is 12.8. The number of unbranched alkanes of at least 4 members (excludes halogenated alkanes) is 14. The second kappa shape index (κ2) is 33.6. The van der Waals surface area contributed by atoms with Gasteiger partial charge in [-0.05, 0) is 70.6 Å². The molecule has 0 aliphatic heterocycles. The van der Waals surface area contributed by atoms with Crippen LogP contribution in [0.25, 0.3) is 0 Å². The number of allylic oxidation sites excluding steroid dienone is 8. The van der Waals surface area contributed by atoms with Crippen LogP contribution in [0.3, 0.4) is 0 Å². The Morgan fingerprint density at radius 3 is 1.54 bits per heavy atom. The first-order valence-corrected chi connectivity index (χ1v) is 22.9. The van der Waals surface area contributed by atoms with Gasteiger partial charge in [0.2, 0.25) is 0 Å². The molecule has 0 spiro atoms. The molecule has 1 fully saturated rings. The molecule has 0 bridgehead atoms. The van der Waals surface area contributed by atoms with Gasteiger partial charge in [0, 0.05) is 12.8 Å². The molecule has 13 nitrogen and oxygen atoms in total. The summed E-state index contributed by atoms with van der Waals surface area (Å²) in [6.45, 7) is 3.13. The van der Waals surface area contributed by atoms with Crippen molar-refractivity contribution in [3.63, 3.8) is 0 Å². The molecule has 0 heterocycles. The van der Waals surface area contributed by atoms with Gasteiger partial charge in [-0.15, -0.1) is 0 Å². The Labute approximate surface area is 341 Å². The first-order chi connectivity index (χ1) is 27.4. The van der Waals surface area contributed by atoms with Gasteiger partial charge < -0.3 is 39.9 Å². The number of aliphatic hydroxyl groups is 5. The highest BCUT2D eigenvalue weighted by Crippen LogP contribution is 2.47. The predicted molar refractivity (Wildman–Crippen MR) is 221 cm³/mol. The Morgan fingerprint density at radius 2 is 1.00 bits per heavy atom. The zero-order chi connectivity index (χ0) is 42.2. The number of phosphoric ester groups is 1. The van der Waals surface area contributed by atoms with Gasteiger partial charge in [0.05, 0.1) is 6.61 Å². The van der Waals surface area contributed by atoms with Crippen molar-refractivity contribution < 1.29 is 63.1 Å². The topological polar surface area (TPSA) is 210 Å². The summed E-state index contributed by atoms with van der Waals surface area (Å²) in [5, 5.41) is 50.0. The lowest BCUT2D eigenvalue weighted by molar-refractivity contribution is -0.220. The molecule has 0 saturated heterocycles. The van der Waals surface area contributed by atoms with Gasteiger partial charge >= 0.3 is 19.8 Å². The molecule has 1 rings (SSSR count). The summed E-state index contributed by atoms with van der Waals surface area (Å²) in [6.07, 6.45) is 24.6. The number of esters is 2. The SMILES string of the molecule is CC/C=C\C/C=C\C/C=C\CCCCCCCC(=O)OC[C@H](COP(=O)(O)OC1C(O)C(O)C(O)[C@@H](O)C1O)OC(=O)CCCCCCC/C=C\CCCCCC. The van der Waals surface area contributed by atoms with Crippen molar-refractivity contribution in [3.05, 3.63) is 48.6 Å². The van der Waals surface area contributed by atoms with E-state index >= 15 is 0 Å². The zero-order valence-corrected chi connectivity index (χ0v) is 35.5. The molecule has 14 heteroatoms. The first kappa shape index (κ1) is 52.8. The van der Waals surface area contributed by atoms with E-state index in [1.54, 1.807) is 0 Å². The van der Waals surface area contributed by atoms with E-state index in [0.717, 1.165) is 89.9 Å². The van der Waals surface area contributed by atoms with E-state index in [-0.39, 0.29) is 12.8 Å². The van der Waals surface area contributed by atoms with Gasteiger partial charge in [-0.2, -0.15) is 0 Å². The largest absolute Gasteiger partial charge is 0.472 e. The molecule has 0 amide bonds. The van der Waals surface area contributed by atoms with Crippen LogP contribution in [0.4, 0.5) is 0 Å². The average molecular weight is 831 g/mol. The molecule has 6 unspecified atom stereocenters. The van der Waals surface area contributed by atoms with E-state index in [0.29, 0.717) is 12.8 Å². The fourth-order valence-corrected chi connectivity index (χ4v) is 7.15. The minimum Gasteiger partial charge on any atom is -0.462 e. The lowest BCUT2D eigenvalue weighted by atomic mass is 9.85. The van der Waals surface area contributed by atoms with Crippen LogP contribution in [0.2, 0.25) is 0 Å². The number of hydrogen-bond donors (Lipinski definition) is 6. The summed E-state index contributed by atoms with van der Waals surface area (Å²) in [4.78, 5) is 35.6. The molecule has 0 aromatic rings. The van der Waals surface area contributed by atoms with Gasteiger partial charge in [0.1, 0.15) is 43.2 Å². The third-order valence-electron chi connectivity index (χ3n) is 9.65. The van der Waals surface area contributed by atoms with Gasteiger partial charge in [-0.1, -0.05) is 120 Å². The quantitative estimate of drug-likeness (QED) is 0.0160. The average Bonchev–Trinajstić information content (AvgIpc) is 3.19. The number of phosphoric acid groups is 1. The van der Waals surface area contributed by atoms with Gasteiger partial charge in [0.25, 0.3) is 0 Å². The lowest BCUT2D eigenvalue weighted by Gasteiger charge is -2.41. The minimum atomic E-state index is -5.12. The minimum absolute atomic E-state index is 0.0811.